The first kappa shape index (κ1) is 13.3. The van der Waals surface area contributed by atoms with E-state index >= 15 is 0 Å². The fourth-order valence-corrected chi connectivity index (χ4v) is 5.77. The molecule has 1 heterocycles. The maximum absolute atomic E-state index is 12.6. The first-order valence-electron chi connectivity index (χ1n) is 7.80. The van der Waals surface area contributed by atoms with Gasteiger partial charge in [-0.3, -0.25) is 4.79 Å². The van der Waals surface area contributed by atoms with Crippen LogP contribution in [-0.4, -0.2) is 11.9 Å². The highest BCUT2D eigenvalue weighted by Gasteiger charge is 2.49. The van der Waals surface area contributed by atoms with Gasteiger partial charge >= 0.3 is 0 Å². The summed E-state index contributed by atoms with van der Waals surface area (Å²) in [6, 6.07) is 2.28. The van der Waals surface area contributed by atoms with E-state index in [1.54, 1.807) is 11.3 Å². The Labute approximate surface area is 128 Å². The van der Waals surface area contributed by atoms with E-state index in [1.165, 1.54) is 11.3 Å². The average molecular weight is 301 g/mol. The summed E-state index contributed by atoms with van der Waals surface area (Å²) >= 11 is 1.59. The van der Waals surface area contributed by atoms with Crippen LogP contribution in [0.4, 0.5) is 5.00 Å². The van der Waals surface area contributed by atoms with Crippen molar-refractivity contribution in [1.29, 1.82) is 5.26 Å². The first-order valence-corrected chi connectivity index (χ1v) is 8.61. The molecule has 21 heavy (non-hydrogen) atoms. The van der Waals surface area contributed by atoms with Crippen molar-refractivity contribution in [3.63, 3.8) is 0 Å². The van der Waals surface area contributed by atoms with Crippen molar-refractivity contribution in [3.05, 3.63) is 16.0 Å². The average Bonchev–Trinajstić information content (AvgIpc) is 3.17. The molecule has 3 N–H and O–H groups in total. The largest absolute Gasteiger partial charge is 0.327 e. The van der Waals surface area contributed by atoms with E-state index in [-0.39, 0.29) is 17.9 Å². The maximum atomic E-state index is 12.6. The topological polar surface area (TPSA) is 78.9 Å². The van der Waals surface area contributed by atoms with Crippen LogP contribution in [0.15, 0.2) is 0 Å². The first-order chi connectivity index (χ1) is 10.2. The van der Waals surface area contributed by atoms with Crippen LogP contribution in [0.3, 0.4) is 0 Å². The van der Waals surface area contributed by atoms with Crippen LogP contribution in [-0.2, 0) is 17.6 Å². The summed E-state index contributed by atoms with van der Waals surface area (Å²) in [7, 11) is 0. The lowest BCUT2D eigenvalue weighted by Gasteiger charge is -2.26. The van der Waals surface area contributed by atoms with Gasteiger partial charge in [0.15, 0.2) is 0 Å². The summed E-state index contributed by atoms with van der Waals surface area (Å²) in [5.74, 6) is 0.940. The summed E-state index contributed by atoms with van der Waals surface area (Å²) in [6.45, 7) is 0. The van der Waals surface area contributed by atoms with Crippen LogP contribution in [0.1, 0.15) is 41.7 Å². The predicted octanol–water partition coefficient (Wildman–Crippen LogP) is 2.42. The third kappa shape index (κ3) is 1.93. The minimum atomic E-state index is -0.0627. The van der Waals surface area contributed by atoms with E-state index in [0.717, 1.165) is 42.7 Å². The number of anilines is 1. The minimum Gasteiger partial charge on any atom is -0.327 e. The standard InChI is InChI=1S/C16H19N3OS/c17-7-11-10-2-1-3-12(10)21-16(11)19-15(20)13-8-4-5-9(6-8)14(13)18/h8-9,13-14H,1-6,18H2,(H,19,20). The third-order valence-corrected chi connectivity index (χ3v) is 6.76. The number of hydrogen-bond donors (Lipinski definition) is 2. The fraction of sp³-hybridized carbons (Fsp3) is 0.625. The Hall–Kier alpha value is -1.38. The lowest BCUT2D eigenvalue weighted by Crippen LogP contribution is -2.42. The Morgan fingerprint density at radius 1 is 1.33 bits per heavy atom. The SMILES string of the molecule is N#Cc1c(NC(=O)C2C3CCC(C3)C2N)sc2c1CCC2. The van der Waals surface area contributed by atoms with E-state index in [9.17, 15) is 10.1 Å². The zero-order valence-corrected chi connectivity index (χ0v) is 12.7. The molecule has 2 fully saturated rings. The third-order valence-electron chi connectivity index (χ3n) is 5.55. The van der Waals surface area contributed by atoms with Crippen molar-refractivity contribution >= 4 is 22.2 Å². The van der Waals surface area contributed by atoms with Gasteiger partial charge < -0.3 is 11.1 Å². The van der Waals surface area contributed by atoms with Gasteiger partial charge in [0, 0.05) is 10.9 Å². The van der Waals surface area contributed by atoms with E-state index in [0.29, 0.717) is 17.4 Å². The lowest BCUT2D eigenvalue weighted by atomic mass is 9.84. The predicted molar refractivity (Wildman–Crippen MR) is 82.0 cm³/mol. The molecule has 110 valence electrons. The van der Waals surface area contributed by atoms with Crippen LogP contribution in [0.2, 0.25) is 0 Å². The van der Waals surface area contributed by atoms with Crippen molar-refractivity contribution in [2.75, 3.05) is 5.32 Å². The van der Waals surface area contributed by atoms with Gasteiger partial charge in [-0.25, -0.2) is 0 Å². The molecule has 0 spiro atoms. The molecule has 0 aromatic carbocycles. The highest BCUT2D eigenvalue weighted by molar-refractivity contribution is 7.16. The van der Waals surface area contributed by atoms with Crippen LogP contribution in [0.25, 0.3) is 0 Å². The molecule has 5 heteroatoms. The zero-order chi connectivity index (χ0) is 14.6. The van der Waals surface area contributed by atoms with Crippen molar-refractivity contribution in [2.45, 2.75) is 44.6 Å². The Morgan fingerprint density at radius 3 is 2.86 bits per heavy atom. The van der Waals surface area contributed by atoms with Crippen LogP contribution in [0, 0.1) is 29.1 Å². The molecule has 1 amide bonds. The molecule has 4 unspecified atom stereocenters. The fourth-order valence-electron chi connectivity index (χ4n) is 4.53. The highest BCUT2D eigenvalue weighted by atomic mass is 32.1. The number of amides is 1. The second-order valence-electron chi connectivity index (χ2n) is 6.60. The van der Waals surface area contributed by atoms with Crippen LogP contribution < -0.4 is 11.1 Å². The van der Waals surface area contributed by atoms with Crippen molar-refractivity contribution in [1.82, 2.24) is 0 Å². The molecule has 4 atom stereocenters. The van der Waals surface area contributed by atoms with Gasteiger partial charge in [-0.15, -0.1) is 11.3 Å². The highest BCUT2D eigenvalue weighted by Crippen LogP contribution is 2.48. The molecule has 3 aliphatic carbocycles. The zero-order valence-electron chi connectivity index (χ0n) is 11.9. The Morgan fingerprint density at radius 2 is 2.14 bits per heavy atom. The molecule has 0 saturated heterocycles. The Bertz CT molecular complexity index is 643. The minimum absolute atomic E-state index is 0.00101. The molecule has 4 nitrogen and oxygen atoms in total. The maximum Gasteiger partial charge on any atom is 0.229 e. The van der Waals surface area contributed by atoms with E-state index < -0.39 is 0 Å². The smallest absolute Gasteiger partial charge is 0.229 e. The number of nitriles is 1. The lowest BCUT2D eigenvalue weighted by molar-refractivity contribution is -0.121. The molecular weight excluding hydrogens is 282 g/mol. The number of nitrogens with two attached hydrogens (primary N) is 1. The number of fused-ring (bicyclic) bond motifs is 3. The molecule has 3 aliphatic rings. The molecule has 2 bridgehead atoms. The van der Waals surface area contributed by atoms with Crippen LogP contribution >= 0.6 is 11.3 Å². The van der Waals surface area contributed by atoms with Crippen molar-refractivity contribution < 1.29 is 4.79 Å². The molecule has 1 aromatic heterocycles. The summed E-state index contributed by atoms with van der Waals surface area (Å²) < 4.78 is 0. The summed E-state index contributed by atoms with van der Waals surface area (Å²) in [5, 5.41) is 13.2. The normalized spacial score (nSPS) is 33.0. The Balaban J connectivity index is 1.57. The molecule has 2 saturated carbocycles. The van der Waals surface area contributed by atoms with Crippen molar-refractivity contribution in [3.8, 4) is 6.07 Å². The summed E-state index contributed by atoms with van der Waals surface area (Å²) in [5.41, 5.74) is 8.09. The quantitative estimate of drug-likeness (QED) is 0.880. The van der Waals surface area contributed by atoms with Gasteiger partial charge in [-0.2, -0.15) is 5.26 Å². The van der Waals surface area contributed by atoms with Gasteiger partial charge in [0.05, 0.1) is 11.5 Å². The number of nitrogens with zero attached hydrogens (tertiary/aromatic N) is 1. The number of carbonyl (C=O) groups excluding carboxylic acids is 1. The molecule has 4 rings (SSSR count). The van der Waals surface area contributed by atoms with Crippen LogP contribution in [0.5, 0.6) is 0 Å². The summed E-state index contributed by atoms with van der Waals surface area (Å²) in [6.07, 6.45) is 6.54. The van der Waals surface area contributed by atoms with Crippen molar-refractivity contribution in [2.24, 2.45) is 23.5 Å². The second-order valence-corrected chi connectivity index (χ2v) is 7.70. The number of aryl methyl sites for hydroxylation is 1. The molecule has 0 radical (unpaired) electrons. The van der Waals surface area contributed by atoms with E-state index in [4.69, 9.17) is 5.73 Å². The number of carbonyl (C=O) groups is 1. The van der Waals surface area contributed by atoms with E-state index in [1.807, 2.05) is 0 Å². The van der Waals surface area contributed by atoms with Gasteiger partial charge in [0.2, 0.25) is 5.91 Å². The second kappa shape index (κ2) is 4.82. The van der Waals surface area contributed by atoms with Gasteiger partial charge in [0.25, 0.3) is 0 Å². The monoisotopic (exact) mass is 301 g/mol. The van der Waals surface area contributed by atoms with Gasteiger partial charge in [0.1, 0.15) is 11.1 Å². The molecule has 0 aliphatic heterocycles. The summed E-state index contributed by atoms with van der Waals surface area (Å²) in [4.78, 5) is 13.9. The number of thiophene rings is 1. The van der Waals surface area contributed by atoms with Gasteiger partial charge in [-0.05, 0) is 55.9 Å². The molecule has 1 aromatic rings. The number of hydrogen-bond acceptors (Lipinski definition) is 4. The van der Waals surface area contributed by atoms with Gasteiger partial charge in [-0.1, -0.05) is 0 Å². The number of nitrogens with one attached hydrogen (secondary N) is 1. The van der Waals surface area contributed by atoms with E-state index in [2.05, 4.69) is 11.4 Å². The number of rotatable bonds is 2. The molecular formula is C16H19N3OS. The Kier molecular flexibility index (Phi) is 3.05.